The highest BCUT2D eigenvalue weighted by molar-refractivity contribution is 5.96. The Morgan fingerprint density at radius 3 is 2.43 bits per heavy atom. The molecule has 0 aromatic heterocycles. The Morgan fingerprint density at radius 1 is 1.14 bits per heavy atom. The van der Waals surface area contributed by atoms with Crippen LogP contribution in [0, 0.1) is 5.92 Å². The standard InChI is InChI=1S/C17H21NO3/c1-21-16(19)12-15(13-8-4-2-5-9-13)18-17(20)14-10-6-3-7-11-14/h2,4-5,8-9,12,14H,3,6-7,10-11H2,1H3,(H,18,20). The van der Waals surface area contributed by atoms with Crippen molar-refractivity contribution in [2.45, 2.75) is 32.1 Å². The molecule has 0 bridgehead atoms. The smallest absolute Gasteiger partial charge is 0.332 e. The van der Waals surface area contributed by atoms with Gasteiger partial charge in [0.05, 0.1) is 12.8 Å². The summed E-state index contributed by atoms with van der Waals surface area (Å²) in [6, 6.07) is 9.34. The van der Waals surface area contributed by atoms with Gasteiger partial charge in [-0.2, -0.15) is 0 Å². The topological polar surface area (TPSA) is 55.4 Å². The van der Waals surface area contributed by atoms with Gasteiger partial charge in [-0.05, 0) is 18.4 Å². The van der Waals surface area contributed by atoms with Gasteiger partial charge < -0.3 is 10.1 Å². The van der Waals surface area contributed by atoms with Crippen molar-refractivity contribution in [2.24, 2.45) is 5.92 Å². The van der Waals surface area contributed by atoms with Crippen LogP contribution in [0.3, 0.4) is 0 Å². The number of hydrogen-bond donors (Lipinski definition) is 1. The van der Waals surface area contributed by atoms with Gasteiger partial charge in [0, 0.05) is 12.0 Å². The molecule has 1 aliphatic rings. The Kier molecular flexibility index (Phi) is 5.55. The number of hydrogen-bond acceptors (Lipinski definition) is 3. The van der Waals surface area contributed by atoms with Crippen LogP contribution in [0.25, 0.3) is 5.70 Å². The molecule has 21 heavy (non-hydrogen) atoms. The van der Waals surface area contributed by atoms with Crippen molar-refractivity contribution >= 4 is 17.6 Å². The lowest BCUT2D eigenvalue weighted by molar-refractivity contribution is -0.134. The quantitative estimate of drug-likeness (QED) is 0.684. The lowest BCUT2D eigenvalue weighted by Gasteiger charge is -2.21. The number of rotatable bonds is 4. The van der Waals surface area contributed by atoms with Crippen molar-refractivity contribution in [3.05, 3.63) is 42.0 Å². The summed E-state index contributed by atoms with van der Waals surface area (Å²) in [6.45, 7) is 0. The third-order valence-electron chi connectivity index (χ3n) is 3.78. The summed E-state index contributed by atoms with van der Waals surface area (Å²) in [7, 11) is 1.32. The molecule has 0 saturated heterocycles. The number of amides is 1. The molecule has 1 aliphatic carbocycles. The van der Waals surface area contributed by atoms with Crippen molar-refractivity contribution in [1.82, 2.24) is 5.32 Å². The Balaban J connectivity index is 2.14. The second kappa shape index (κ2) is 7.62. The molecule has 4 heteroatoms. The fraction of sp³-hybridized carbons (Fsp3) is 0.412. The van der Waals surface area contributed by atoms with E-state index >= 15 is 0 Å². The van der Waals surface area contributed by atoms with Crippen LogP contribution < -0.4 is 5.32 Å². The first-order valence-electron chi connectivity index (χ1n) is 7.36. The third-order valence-corrected chi connectivity index (χ3v) is 3.78. The number of esters is 1. The highest BCUT2D eigenvalue weighted by atomic mass is 16.5. The SMILES string of the molecule is COC(=O)C=C(NC(=O)C1CCCCC1)c1ccccc1. The molecule has 0 heterocycles. The Hall–Kier alpha value is -2.10. The van der Waals surface area contributed by atoms with E-state index in [0.29, 0.717) is 5.70 Å². The Bertz CT molecular complexity index is 516. The molecule has 1 saturated carbocycles. The molecular weight excluding hydrogens is 266 g/mol. The van der Waals surface area contributed by atoms with Crippen LogP contribution in [-0.4, -0.2) is 19.0 Å². The van der Waals surface area contributed by atoms with Gasteiger partial charge in [0.25, 0.3) is 0 Å². The highest BCUT2D eigenvalue weighted by Crippen LogP contribution is 2.24. The number of methoxy groups -OCH3 is 1. The maximum absolute atomic E-state index is 12.3. The summed E-state index contributed by atoms with van der Waals surface area (Å²) in [5.41, 5.74) is 1.30. The predicted molar refractivity (Wildman–Crippen MR) is 81.2 cm³/mol. The molecule has 1 N–H and O–H groups in total. The lowest BCUT2D eigenvalue weighted by Crippen LogP contribution is -2.31. The second-order valence-electron chi connectivity index (χ2n) is 5.27. The van der Waals surface area contributed by atoms with Gasteiger partial charge in [0.2, 0.25) is 5.91 Å². The number of ether oxygens (including phenoxy) is 1. The molecule has 112 valence electrons. The van der Waals surface area contributed by atoms with E-state index in [4.69, 9.17) is 0 Å². The predicted octanol–water partition coefficient (Wildman–Crippen LogP) is 2.90. The number of carbonyl (C=O) groups is 2. The van der Waals surface area contributed by atoms with Crippen LogP contribution in [0.5, 0.6) is 0 Å². The molecule has 1 amide bonds. The maximum atomic E-state index is 12.3. The maximum Gasteiger partial charge on any atom is 0.332 e. The van der Waals surface area contributed by atoms with Gasteiger partial charge in [0.1, 0.15) is 0 Å². The fourth-order valence-corrected chi connectivity index (χ4v) is 2.59. The third kappa shape index (κ3) is 4.45. The van der Waals surface area contributed by atoms with Crippen molar-refractivity contribution in [3.8, 4) is 0 Å². The van der Waals surface area contributed by atoms with E-state index in [1.165, 1.54) is 19.6 Å². The minimum Gasteiger partial charge on any atom is -0.466 e. The van der Waals surface area contributed by atoms with Gasteiger partial charge in [-0.1, -0.05) is 49.6 Å². The first-order chi connectivity index (χ1) is 10.2. The van der Waals surface area contributed by atoms with Gasteiger partial charge in [-0.3, -0.25) is 4.79 Å². The van der Waals surface area contributed by atoms with Gasteiger partial charge >= 0.3 is 5.97 Å². The number of nitrogens with one attached hydrogen (secondary N) is 1. The van der Waals surface area contributed by atoms with E-state index in [1.807, 2.05) is 30.3 Å². The average molecular weight is 287 g/mol. The van der Waals surface area contributed by atoms with E-state index in [2.05, 4.69) is 10.1 Å². The summed E-state index contributed by atoms with van der Waals surface area (Å²) in [6.07, 6.45) is 6.57. The normalized spacial score (nSPS) is 16.3. The zero-order valence-electron chi connectivity index (χ0n) is 12.3. The zero-order chi connectivity index (χ0) is 15.1. The molecular formula is C17H21NO3. The minimum atomic E-state index is -0.474. The van der Waals surface area contributed by atoms with Gasteiger partial charge in [-0.25, -0.2) is 4.79 Å². The van der Waals surface area contributed by atoms with Crippen LogP contribution in [0.15, 0.2) is 36.4 Å². The summed E-state index contributed by atoms with van der Waals surface area (Å²) < 4.78 is 4.66. The fourth-order valence-electron chi connectivity index (χ4n) is 2.59. The van der Waals surface area contributed by atoms with Crippen LogP contribution in [0.4, 0.5) is 0 Å². The van der Waals surface area contributed by atoms with Crippen LogP contribution in [0.1, 0.15) is 37.7 Å². The molecule has 1 aromatic carbocycles. The van der Waals surface area contributed by atoms with Gasteiger partial charge in [-0.15, -0.1) is 0 Å². The lowest BCUT2D eigenvalue weighted by atomic mass is 9.88. The highest BCUT2D eigenvalue weighted by Gasteiger charge is 2.22. The monoisotopic (exact) mass is 287 g/mol. The number of benzene rings is 1. The van der Waals surface area contributed by atoms with Crippen LogP contribution in [0.2, 0.25) is 0 Å². The molecule has 0 unspecified atom stereocenters. The molecule has 0 radical (unpaired) electrons. The molecule has 0 spiro atoms. The van der Waals surface area contributed by atoms with E-state index in [1.54, 1.807) is 0 Å². The average Bonchev–Trinajstić information content (AvgIpc) is 2.55. The van der Waals surface area contributed by atoms with Gasteiger partial charge in [0.15, 0.2) is 0 Å². The van der Waals surface area contributed by atoms with E-state index in [9.17, 15) is 9.59 Å². The minimum absolute atomic E-state index is 0.00583. The summed E-state index contributed by atoms with van der Waals surface area (Å²) in [5, 5.41) is 2.89. The summed E-state index contributed by atoms with van der Waals surface area (Å²) >= 11 is 0. The van der Waals surface area contributed by atoms with Crippen LogP contribution in [-0.2, 0) is 14.3 Å². The molecule has 4 nitrogen and oxygen atoms in total. The van der Waals surface area contributed by atoms with E-state index in [-0.39, 0.29) is 11.8 Å². The summed E-state index contributed by atoms with van der Waals surface area (Å²) in [5.74, 6) is -0.435. The molecule has 1 aromatic rings. The van der Waals surface area contributed by atoms with Crippen molar-refractivity contribution in [1.29, 1.82) is 0 Å². The van der Waals surface area contributed by atoms with Crippen molar-refractivity contribution in [3.63, 3.8) is 0 Å². The van der Waals surface area contributed by atoms with E-state index < -0.39 is 5.97 Å². The van der Waals surface area contributed by atoms with Crippen molar-refractivity contribution < 1.29 is 14.3 Å². The first-order valence-corrected chi connectivity index (χ1v) is 7.36. The Labute approximate surface area is 125 Å². The molecule has 2 rings (SSSR count). The molecule has 0 atom stereocenters. The largest absolute Gasteiger partial charge is 0.466 e. The molecule has 0 aliphatic heterocycles. The molecule has 1 fully saturated rings. The Morgan fingerprint density at radius 2 is 1.81 bits per heavy atom. The zero-order valence-corrected chi connectivity index (χ0v) is 12.3. The van der Waals surface area contributed by atoms with Crippen LogP contribution >= 0.6 is 0 Å². The van der Waals surface area contributed by atoms with E-state index in [0.717, 1.165) is 31.2 Å². The first kappa shape index (κ1) is 15.3. The van der Waals surface area contributed by atoms with Crippen molar-refractivity contribution in [2.75, 3.05) is 7.11 Å². The summed E-state index contributed by atoms with van der Waals surface area (Å²) in [4.78, 5) is 23.9. The second-order valence-corrected chi connectivity index (χ2v) is 5.27. The number of carbonyl (C=O) groups excluding carboxylic acids is 2.